The van der Waals surface area contributed by atoms with Crippen molar-refractivity contribution in [2.45, 2.75) is 82.5 Å². The standard InChI is InChI=1S/C16H28N2O2/c1-16(2)10-12(7-8-20-16)17-15(19)14-9-11-5-3-4-6-13(11)18-14/h11-14,18H,3-10H2,1-2H3,(H,17,19). The second-order valence-corrected chi connectivity index (χ2v) is 7.41. The van der Waals surface area contributed by atoms with Gasteiger partial charge < -0.3 is 15.4 Å². The van der Waals surface area contributed by atoms with Gasteiger partial charge >= 0.3 is 0 Å². The van der Waals surface area contributed by atoms with Gasteiger partial charge in [-0.05, 0) is 51.9 Å². The molecule has 4 atom stereocenters. The summed E-state index contributed by atoms with van der Waals surface area (Å²) in [4.78, 5) is 12.5. The van der Waals surface area contributed by atoms with Crippen molar-refractivity contribution in [3.8, 4) is 0 Å². The Hall–Kier alpha value is -0.610. The third-order valence-corrected chi connectivity index (χ3v) is 5.22. The van der Waals surface area contributed by atoms with Crippen LogP contribution in [0.5, 0.6) is 0 Å². The molecule has 3 rings (SSSR count). The van der Waals surface area contributed by atoms with Gasteiger partial charge in [-0.2, -0.15) is 0 Å². The highest BCUT2D eigenvalue weighted by Crippen LogP contribution is 2.33. The Balaban J connectivity index is 1.52. The second-order valence-electron chi connectivity index (χ2n) is 7.41. The van der Waals surface area contributed by atoms with E-state index in [9.17, 15) is 4.79 Å². The van der Waals surface area contributed by atoms with Crippen molar-refractivity contribution in [1.29, 1.82) is 0 Å². The highest BCUT2D eigenvalue weighted by molar-refractivity contribution is 5.82. The number of nitrogens with one attached hydrogen (secondary N) is 2. The lowest BCUT2D eigenvalue weighted by Crippen LogP contribution is -2.51. The summed E-state index contributed by atoms with van der Waals surface area (Å²) in [6, 6.07) is 0.898. The van der Waals surface area contributed by atoms with Crippen LogP contribution in [-0.2, 0) is 9.53 Å². The average molecular weight is 280 g/mol. The Kier molecular flexibility index (Phi) is 4.04. The zero-order chi connectivity index (χ0) is 14.2. The Morgan fingerprint density at radius 1 is 1.25 bits per heavy atom. The molecule has 1 saturated carbocycles. The molecule has 1 aliphatic carbocycles. The summed E-state index contributed by atoms with van der Waals surface area (Å²) in [6.45, 7) is 4.96. The Labute approximate surface area is 122 Å². The molecule has 2 N–H and O–H groups in total. The summed E-state index contributed by atoms with van der Waals surface area (Å²) >= 11 is 0. The van der Waals surface area contributed by atoms with E-state index in [0.29, 0.717) is 6.04 Å². The normalized spacial score (nSPS) is 40.1. The van der Waals surface area contributed by atoms with Gasteiger partial charge in [-0.3, -0.25) is 4.79 Å². The third-order valence-electron chi connectivity index (χ3n) is 5.22. The second kappa shape index (κ2) is 5.64. The highest BCUT2D eigenvalue weighted by atomic mass is 16.5. The van der Waals surface area contributed by atoms with Crippen LogP contribution in [0.4, 0.5) is 0 Å². The molecular formula is C16H28N2O2. The first kappa shape index (κ1) is 14.3. The largest absolute Gasteiger partial charge is 0.375 e. The first-order chi connectivity index (χ1) is 9.53. The van der Waals surface area contributed by atoms with E-state index < -0.39 is 0 Å². The summed E-state index contributed by atoms with van der Waals surface area (Å²) in [6.07, 6.45) is 8.09. The molecule has 0 aromatic carbocycles. The van der Waals surface area contributed by atoms with E-state index in [4.69, 9.17) is 4.74 Å². The van der Waals surface area contributed by atoms with Gasteiger partial charge in [0.05, 0.1) is 11.6 Å². The lowest BCUT2D eigenvalue weighted by molar-refractivity contribution is -0.125. The minimum Gasteiger partial charge on any atom is -0.375 e. The van der Waals surface area contributed by atoms with Crippen molar-refractivity contribution in [3.63, 3.8) is 0 Å². The minimum atomic E-state index is -0.104. The Bertz CT molecular complexity index is 355. The maximum Gasteiger partial charge on any atom is 0.237 e. The SMILES string of the molecule is CC1(C)CC(NC(=O)C2CC3CCCCC3N2)CCO1. The average Bonchev–Trinajstić information content (AvgIpc) is 2.81. The number of ether oxygens (including phenoxy) is 1. The smallest absolute Gasteiger partial charge is 0.237 e. The number of carbonyl (C=O) groups is 1. The van der Waals surface area contributed by atoms with E-state index in [0.717, 1.165) is 31.8 Å². The van der Waals surface area contributed by atoms with E-state index in [2.05, 4.69) is 24.5 Å². The van der Waals surface area contributed by atoms with E-state index in [1.807, 2.05) is 0 Å². The summed E-state index contributed by atoms with van der Waals surface area (Å²) in [5.41, 5.74) is -0.104. The first-order valence-corrected chi connectivity index (χ1v) is 8.24. The van der Waals surface area contributed by atoms with Crippen molar-refractivity contribution in [2.24, 2.45) is 5.92 Å². The molecule has 1 amide bonds. The van der Waals surface area contributed by atoms with Gasteiger partial charge in [0, 0.05) is 18.7 Å². The van der Waals surface area contributed by atoms with Crippen LogP contribution < -0.4 is 10.6 Å². The number of hydrogen-bond acceptors (Lipinski definition) is 3. The Morgan fingerprint density at radius 2 is 2.05 bits per heavy atom. The molecular weight excluding hydrogens is 252 g/mol. The van der Waals surface area contributed by atoms with Crippen molar-refractivity contribution in [2.75, 3.05) is 6.61 Å². The zero-order valence-electron chi connectivity index (χ0n) is 12.8. The maximum atomic E-state index is 12.5. The predicted octanol–water partition coefficient (Wildman–Crippen LogP) is 1.98. The Morgan fingerprint density at radius 3 is 2.80 bits per heavy atom. The molecule has 2 saturated heterocycles. The van der Waals surface area contributed by atoms with Crippen molar-refractivity contribution < 1.29 is 9.53 Å². The fourth-order valence-electron chi connectivity index (χ4n) is 4.18. The molecule has 4 unspecified atom stereocenters. The highest BCUT2D eigenvalue weighted by Gasteiger charge is 2.39. The lowest BCUT2D eigenvalue weighted by Gasteiger charge is -2.36. The molecule has 2 heterocycles. The van der Waals surface area contributed by atoms with Gasteiger partial charge in [-0.1, -0.05) is 12.8 Å². The number of hydrogen-bond donors (Lipinski definition) is 2. The van der Waals surface area contributed by atoms with Gasteiger partial charge in [0.25, 0.3) is 0 Å². The first-order valence-electron chi connectivity index (χ1n) is 8.24. The molecule has 114 valence electrons. The van der Waals surface area contributed by atoms with Gasteiger partial charge in [-0.25, -0.2) is 0 Å². The molecule has 4 heteroatoms. The number of rotatable bonds is 2. The monoisotopic (exact) mass is 280 g/mol. The van der Waals surface area contributed by atoms with Crippen LogP contribution in [0.1, 0.15) is 58.8 Å². The van der Waals surface area contributed by atoms with Crippen LogP contribution in [0.2, 0.25) is 0 Å². The zero-order valence-corrected chi connectivity index (χ0v) is 12.8. The minimum absolute atomic E-state index is 0.0362. The quantitative estimate of drug-likeness (QED) is 0.813. The van der Waals surface area contributed by atoms with Gasteiger partial charge in [-0.15, -0.1) is 0 Å². The predicted molar refractivity (Wildman–Crippen MR) is 78.5 cm³/mol. The molecule has 0 aromatic heterocycles. The lowest BCUT2D eigenvalue weighted by atomic mass is 9.85. The molecule has 20 heavy (non-hydrogen) atoms. The summed E-state index contributed by atoms with van der Waals surface area (Å²) < 4.78 is 5.71. The van der Waals surface area contributed by atoms with Gasteiger partial charge in [0.15, 0.2) is 0 Å². The van der Waals surface area contributed by atoms with Crippen molar-refractivity contribution >= 4 is 5.91 Å². The maximum absolute atomic E-state index is 12.5. The van der Waals surface area contributed by atoms with Crippen LogP contribution in [0.3, 0.4) is 0 Å². The molecule has 0 spiro atoms. The van der Waals surface area contributed by atoms with E-state index in [-0.39, 0.29) is 23.6 Å². The van der Waals surface area contributed by atoms with Crippen LogP contribution in [-0.4, -0.2) is 36.2 Å². The molecule has 0 aromatic rings. The van der Waals surface area contributed by atoms with E-state index >= 15 is 0 Å². The molecule has 3 fully saturated rings. The van der Waals surface area contributed by atoms with Crippen LogP contribution in [0, 0.1) is 5.92 Å². The third kappa shape index (κ3) is 3.17. The van der Waals surface area contributed by atoms with Crippen LogP contribution in [0.25, 0.3) is 0 Å². The summed E-state index contributed by atoms with van der Waals surface area (Å²) in [5, 5.41) is 6.80. The molecule has 0 radical (unpaired) electrons. The van der Waals surface area contributed by atoms with Crippen molar-refractivity contribution in [1.82, 2.24) is 10.6 Å². The van der Waals surface area contributed by atoms with Gasteiger partial charge in [0.2, 0.25) is 5.91 Å². The topological polar surface area (TPSA) is 50.4 Å². The number of amides is 1. The fraction of sp³-hybridized carbons (Fsp3) is 0.938. The molecule has 2 aliphatic heterocycles. The van der Waals surface area contributed by atoms with Crippen molar-refractivity contribution in [3.05, 3.63) is 0 Å². The fourth-order valence-corrected chi connectivity index (χ4v) is 4.18. The number of carbonyl (C=O) groups excluding carboxylic acids is 1. The molecule has 3 aliphatic rings. The number of fused-ring (bicyclic) bond motifs is 1. The molecule has 0 bridgehead atoms. The van der Waals surface area contributed by atoms with E-state index in [1.54, 1.807) is 0 Å². The summed E-state index contributed by atoms with van der Waals surface area (Å²) in [5.74, 6) is 0.938. The van der Waals surface area contributed by atoms with E-state index in [1.165, 1.54) is 25.7 Å². The van der Waals surface area contributed by atoms with Crippen LogP contribution in [0.15, 0.2) is 0 Å². The molecule has 4 nitrogen and oxygen atoms in total. The van der Waals surface area contributed by atoms with Gasteiger partial charge in [0.1, 0.15) is 0 Å². The van der Waals surface area contributed by atoms with Crippen LogP contribution >= 0.6 is 0 Å². The summed E-state index contributed by atoms with van der Waals surface area (Å²) in [7, 11) is 0.